The monoisotopic (exact) mass is 366 g/mol. The number of aliphatic hydroxyl groups is 1. The number of hydrogen-bond donors (Lipinski definition) is 2. The van der Waals surface area contributed by atoms with Crippen molar-refractivity contribution in [2.75, 3.05) is 13.2 Å². The maximum Gasteiger partial charge on any atom is 0.157 e. The number of quaternary nitrogens is 1. The molecule has 0 aliphatic heterocycles. The summed E-state index contributed by atoms with van der Waals surface area (Å²) in [4.78, 5) is 0. The average Bonchev–Trinajstić information content (AvgIpc) is 3.21. The highest BCUT2D eigenvalue weighted by molar-refractivity contribution is 5.39. The van der Waals surface area contributed by atoms with Crippen LogP contribution in [0.4, 0.5) is 0 Å². The topological polar surface area (TPSA) is 59.2 Å². The molecule has 3 N–H and O–H groups in total. The van der Waals surface area contributed by atoms with Gasteiger partial charge in [-0.05, 0) is 35.4 Å². The molecule has 0 radical (unpaired) electrons. The SMILES string of the molecule is CC(C)(c1ccccc1)c1ccc(OC[C@@H](O)C[NH2+]Cc2ccco2)cc1. The van der Waals surface area contributed by atoms with Crippen LogP contribution in [0.25, 0.3) is 0 Å². The first-order chi connectivity index (χ1) is 13.1. The van der Waals surface area contributed by atoms with Crippen LogP contribution >= 0.6 is 0 Å². The molecule has 4 heteroatoms. The summed E-state index contributed by atoms with van der Waals surface area (Å²) in [6.45, 7) is 6.00. The van der Waals surface area contributed by atoms with Crippen molar-refractivity contribution in [3.05, 3.63) is 89.9 Å². The van der Waals surface area contributed by atoms with Gasteiger partial charge in [-0.15, -0.1) is 0 Å². The molecule has 0 aliphatic carbocycles. The van der Waals surface area contributed by atoms with E-state index in [1.54, 1.807) is 6.26 Å². The number of rotatable bonds is 9. The van der Waals surface area contributed by atoms with Crippen LogP contribution in [0, 0.1) is 0 Å². The Bertz CT molecular complexity index is 795. The normalized spacial score (nSPS) is 12.7. The molecule has 0 amide bonds. The maximum atomic E-state index is 10.1. The number of ether oxygens (including phenoxy) is 1. The van der Waals surface area contributed by atoms with E-state index in [0.29, 0.717) is 13.1 Å². The first-order valence-electron chi connectivity index (χ1n) is 9.36. The van der Waals surface area contributed by atoms with E-state index in [-0.39, 0.29) is 12.0 Å². The summed E-state index contributed by atoms with van der Waals surface area (Å²) in [6.07, 6.45) is 1.13. The Labute approximate surface area is 160 Å². The van der Waals surface area contributed by atoms with E-state index in [9.17, 15) is 5.11 Å². The van der Waals surface area contributed by atoms with Gasteiger partial charge < -0.3 is 19.6 Å². The molecule has 142 valence electrons. The number of hydrogen-bond acceptors (Lipinski definition) is 3. The van der Waals surface area contributed by atoms with Gasteiger partial charge in [0.15, 0.2) is 5.76 Å². The minimum atomic E-state index is -0.527. The van der Waals surface area contributed by atoms with Crippen molar-refractivity contribution in [2.24, 2.45) is 0 Å². The Balaban J connectivity index is 1.49. The predicted octanol–water partition coefficient (Wildman–Crippen LogP) is 3.11. The van der Waals surface area contributed by atoms with E-state index in [2.05, 4.69) is 50.2 Å². The second-order valence-electron chi connectivity index (χ2n) is 7.29. The predicted molar refractivity (Wildman–Crippen MR) is 106 cm³/mol. The summed E-state index contributed by atoms with van der Waals surface area (Å²) in [5, 5.41) is 12.1. The molecule has 27 heavy (non-hydrogen) atoms. The quantitative estimate of drug-likeness (QED) is 0.612. The van der Waals surface area contributed by atoms with Crippen molar-refractivity contribution in [3.63, 3.8) is 0 Å². The van der Waals surface area contributed by atoms with Crippen molar-refractivity contribution >= 4 is 0 Å². The third-order valence-corrected chi connectivity index (χ3v) is 4.88. The molecule has 0 spiro atoms. The van der Waals surface area contributed by atoms with E-state index in [1.807, 2.05) is 35.6 Å². The molecule has 0 saturated carbocycles. The third-order valence-electron chi connectivity index (χ3n) is 4.88. The van der Waals surface area contributed by atoms with Gasteiger partial charge in [-0.3, -0.25) is 0 Å². The number of aliphatic hydroxyl groups excluding tert-OH is 1. The van der Waals surface area contributed by atoms with Crippen molar-refractivity contribution in [3.8, 4) is 5.75 Å². The molecule has 1 heterocycles. The lowest BCUT2D eigenvalue weighted by molar-refractivity contribution is -0.678. The van der Waals surface area contributed by atoms with Gasteiger partial charge in [0, 0.05) is 5.41 Å². The minimum Gasteiger partial charge on any atom is -0.491 e. The fourth-order valence-corrected chi connectivity index (χ4v) is 3.10. The molecule has 3 aromatic rings. The highest BCUT2D eigenvalue weighted by Gasteiger charge is 2.22. The standard InChI is InChI=1S/C23H27NO3/c1-23(2,18-7-4-3-5-8-18)19-10-12-21(13-11-19)27-17-20(25)15-24-16-22-9-6-14-26-22/h3-14,20,24-25H,15-17H2,1-2H3/p+1/t20-/m0/s1. The molecule has 0 fully saturated rings. The average molecular weight is 366 g/mol. The second-order valence-corrected chi connectivity index (χ2v) is 7.29. The van der Waals surface area contributed by atoms with Gasteiger partial charge in [0.25, 0.3) is 0 Å². The molecule has 0 bridgehead atoms. The van der Waals surface area contributed by atoms with Crippen molar-refractivity contribution in [1.29, 1.82) is 0 Å². The smallest absolute Gasteiger partial charge is 0.157 e. The third kappa shape index (κ3) is 5.22. The summed E-state index contributed by atoms with van der Waals surface area (Å²) in [5.74, 6) is 1.67. The van der Waals surface area contributed by atoms with Crippen molar-refractivity contribution < 1.29 is 19.6 Å². The number of benzene rings is 2. The van der Waals surface area contributed by atoms with Crippen LogP contribution in [0.15, 0.2) is 77.4 Å². The fourth-order valence-electron chi connectivity index (χ4n) is 3.10. The van der Waals surface area contributed by atoms with Gasteiger partial charge in [-0.25, -0.2) is 0 Å². The van der Waals surface area contributed by atoms with E-state index in [1.165, 1.54) is 11.1 Å². The van der Waals surface area contributed by atoms with Crippen LogP contribution in [-0.4, -0.2) is 24.4 Å². The molecule has 2 aromatic carbocycles. The highest BCUT2D eigenvalue weighted by atomic mass is 16.5. The van der Waals surface area contributed by atoms with Crippen LogP contribution < -0.4 is 10.1 Å². The van der Waals surface area contributed by atoms with Gasteiger partial charge in [0.1, 0.15) is 31.5 Å². The van der Waals surface area contributed by atoms with E-state index >= 15 is 0 Å². The van der Waals surface area contributed by atoms with Crippen LogP contribution in [-0.2, 0) is 12.0 Å². The van der Waals surface area contributed by atoms with Crippen molar-refractivity contribution in [2.45, 2.75) is 31.9 Å². The van der Waals surface area contributed by atoms with Gasteiger partial charge in [-0.1, -0.05) is 56.3 Å². The molecule has 3 rings (SSSR count). The number of furan rings is 1. The van der Waals surface area contributed by atoms with E-state index < -0.39 is 6.10 Å². The Hall–Kier alpha value is -2.56. The number of nitrogens with two attached hydrogens (primary N) is 1. The zero-order valence-electron chi connectivity index (χ0n) is 16.0. The molecule has 1 aromatic heterocycles. The van der Waals surface area contributed by atoms with Gasteiger partial charge in [0.05, 0.1) is 6.26 Å². The maximum absolute atomic E-state index is 10.1. The Morgan fingerprint density at radius 2 is 1.67 bits per heavy atom. The first-order valence-corrected chi connectivity index (χ1v) is 9.36. The van der Waals surface area contributed by atoms with E-state index in [0.717, 1.165) is 11.5 Å². The summed E-state index contributed by atoms with van der Waals surface area (Å²) < 4.78 is 11.0. The molecule has 0 unspecified atom stereocenters. The largest absolute Gasteiger partial charge is 0.491 e. The molecular formula is C23H28NO3+. The molecule has 0 aliphatic rings. The molecule has 1 atom stereocenters. The van der Waals surface area contributed by atoms with Crippen LogP contribution in [0.3, 0.4) is 0 Å². The van der Waals surface area contributed by atoms with Crippen LogP contribution in [0.1, 0.15) is 30.7 Å². The lowest BCUT2D eigenvalue weighted by Crippen LogP contribution is -2.85. The molecular weight excluding hydrogens is 338 g/mol. The minimum absolute atomic E-state index is 0.0693. The lowest BCUT2D eigenvalue weighted by atomic mass is 9.78. The van der Waals surface area contributed by atoms with Gasteiger partial charge in [-0.2, -0.15) is 0 Å². The zero-order valence-corrected chi connectivity index (χ0v) is 16.0. The molecule has 4 nitrogen and oxygen atoms in total. The Morgan fingerprint density at radius 1 is 0.963 bits per heavy atom. The Kier molecular flexibility index (Phi) is 6.32. The van der Waals surface area contributed by atoms with Gasteiger partial charge in [0.2, 0.25) is 0 Å². The highest BCUT2D eigenvalue weighted by Crippen LogP contribution is 2.32. The Morgan fingerprint density at radius 3 is 2.33 bits per heavy atom. The first kappa shape index (κ1) is 19.2. The summed E-state index contributed by atoms with van der Waals surface area (Å²) >= 11 is 0. The lowest BCUT2D eigenvalue weighted by Gasteiger charge is -2.26. The van der Waals surface area contributed by atoms with Gasteiger partial charge >= 0.3 is 0 Å². The van der Waals surface area contributed by atoms with Crippen LogP contribution in [0.2, 0.25) is 0 Å². The van der Waals surface area contributed by atoms with Crippen LogP contribution in [0.5, 0.6) is 5.75 Å². The van der Waals surface area contributed by atoms with E-state index in [4.69, 9.17) is 9.15 Å². The fraction of sp³-hybridized carbons (Fsp3) is 0.304. The molecule has 0 saturated heterocycles. The zero-order chi connectivity index (χ0) is 19.1. The van der Waals surface area contributed by atoms with Crippen molar-refractivity contribution in [1.82, 2.24) is 0 Å². The summed E-state index contributed by atoms with van der Waals surface area (Å²) in [7, 11) is 0. The summed E-state index contributed by atoms with van der Waals surface area (Å²) in [5.41, 5.74) is 2.44. The summed E-state index contributed by atoms with van der Waals surface area (Å²) in [6, 6.07) is 22.4. The second kappa shape index (κ2) is 8.89.